The molecule has 0 bridgehead atoms. The lowest BCUT2D eigenvalue weighted by molar-refractivity contribution is 0.0987. The molecule has 29 heavy (non-hydrogen) atoms. The van der Waals surface area contributed by atoms with Crippen molar-refractivity contribution in [1.82, 2.24) is 9.55 Å². The Bertz CT molecular complexity index is 1280. The fraction of sp³-hybridized carbons (Fsp3) is 0.125. The average molecular weight is 381 g/mol. The van der Waals surface area contributed by atoms with Crippen LogP contribution in [0.5, 0.6) is 0 Å². The van der Waals surface area contributed by atoms with Crippen LogP contribution in [0.3, 0.4) is 0 Å². The number of benzene rings is 2. The number of aromatic nitrogens is 2. The van der Waals surface area contributed by atoms with Gasteiger partial charge in [0.2, 0.25) is 0 Å². The summed E-state index contributed by atoms with van der Waals surface area (Å²) < 4.78 is 1.60. The molecule has 142 valence electrons. The number of fused-ring (bicyclic) bond motifs is 2. The number of carbonyl (C=O) groups is 1. The van der Waals surface area contributed by atoms with E-state index in [1.165, 1.54) is 0 Å². The fourth-order valence-corrected chi connectivity index (χ4v) is 3.97. The Morgan fingerprint density at radius 1 is 0.966 bits per heavy atom. The minimum absolute atomic E-state index is 0.179. The van der Waals surface area contributed by atoms with Crippen molar-refractivity contribution < 1.29 is 4.79 Å². The molecule has 0 saturated heterocycles. The van der Waals surface area contributed by atoms with Crippen molar-refractivity contribution in [3.8, 4) is 0 Å². The Kier molecular flexibility index (Phi) is 4.21. The highest BCUT2D eigenvalue weighted by Crippen LogP contribution is 2.28. The molecule has 0 atom stereocenters. The normalized spacial score (nSPS) is 12.9. The van der Waals surface area contributed by atoms with Gasteiger partial charge in [-0.3, -0.25) is 14.2 Å². The van der Waals surface area contributed by atoms with Gasteiger partial charge in [0.05, 0.1) is 6.54 Å². The zero-order chi connectivity index (χ0) is 19.8. The monoisotopic (exact) mass is 381 g/mol. The topological polar surface area (TPSA) is 55.2 Å². The highest BCUT2D eigenvalue weighted by molar-refractivity contribution is 6.08. The molecule has 0 saturated carbocycles. The van der Waals surface area contributed by atoms with Crippen molar-refractivity contribution in [3.63, 3.8) is 0 Å². The summed E-state index contributed by atoms with van der Waals surface area (Å²) >= 11 is 0. The molecule has 0 aliphatic carbocycles. The van der Waals surface area contributed by atoms with Gasteiger partial charge in [0.25, 0.3) is 11.5 Å². The van der Waals surface area contributed by atoms with Gasteiger partial charge in [-0.15, -0.1) is 0 Å². The van der Waals surface area contributed by atoms with Gasteiger partial charge in [-0.1, -0.05) is 48.5 Å². The number of anilines is 1. The maximum absolute atomic E-state index is 13.4. The Morgan fingerprint density at radius 2 is 1.76 bits per heavy atom. The fourth-order valence-electron chi connectivity index (χ4n) is 3.97. The largest absolute Gasteiger partial charge is 0.308 e. The van der Waals surface area contributed by atoms with E-state index < -0.39 is 0 Å². The molecule has 5 nitrogen and oxygen atoms in total. The summed E-state index contributed by atoms with van der Waals surface area (Å²) in [5, 5.41) is 0.777. The lowest BCUT2D eigenvalue weighted by atomic mass is 10.1. The third-order valence-corrected chi connectivity index (χ3v) is 5.39. The van der Waals surface area contributed by atoms with Crippen LogP contribution in [0.15, 0.2) is 83.8 Å². The summed E-state index contributed by atoms with van der Waals surface area (Å²) in [6.45, 7) is 0.951. The Balaban J connectivity index is 1.64. The van der Waals surface area contributed by atoms with Crippen LogP contribution in [0.2, 0.25) is 0 Å². The number of para-hydroxylation sites is 1. The van der Waals surface area contributed by atoms with Crippen molar-refractivity contribution in [2.75, 3.05) is 11.4 Å². The van der Waals surface area contributed by atoms with E-state index in [1.807, 2.05) is 66.7 Å². The minimum atomic E-state index is -0.311. The molecule has 0 radical (unpaired) electrons. The van der Waals surface area contributed by atoms with Gasteiger partial charge < -0.3 is 4.90 Å². The predicted molar refractivity (Wildman–Crippen MR) is 113 cm³/mol. The van der Waals surface area contributed by atoms with Gasteiger partial charge in [0.15, 0.2) is 0 Å². The van der Waals surface area contributed by atoms with E-state index in [4.69, 9.17) is 0 Å². The third-order valence-electron chi connectivity index (χ3n) is 5.39. The number of amides is 1. The first-order valence-corrected chi connectivity index (χ1v) is 9.64. The van der Waals surface area contributed by atoms with Crippen LogP contribution in [0.4, 0.5) is 5.69 Å². The van der Waals surface area contributed by atoms with Gasteiger partial charge in [-0.05, 0) is 41.8 Å². The lowest BCUT2D eigenvalue weighted by Crippen LogP contribution is -2.36. The maximum atomic E-state index is 13.4. The van der Waals surface area contributed by atoms with Crippen molar-refractivity contribution in [3.05, 3.63) is 106 Å². The Morgan fingerprint density at radius 3 is 2.62 bits per heavy atom. The molecule has 2 aromatic carbocycles. The summed E-state index contributed by atoms with van der Waals surface area (Å²) in [7, 11) is 0. The summed E-state index contributed by atoms with van der Waals surface area (Å²) in [6.07, 6.45) is 2.47. The predicted octanol–water partition coefficient (Wildman–Crippen LogP) is 3.65. The van der Waals surface area contributed by atoms with Crippen LogP contribution >= 0.6 is 0 Å². The molecule has 1 amide bonds. The second kappa shape index (κ2) is 7.02. The molecule has 0 unspecified atom stereocenters. The zero-order valence-corrected chi connectivity index (χ0v) is 15.8. The van der Waals surface area contributed by atoms with Crippen molar-refractivity contribution >= 4 is 22.6 Å². The van der Waals surface area contributed by atoms with Crippen LogP contribution in [-0.4, -0.2) is 22.0 Å². The molecule has 0 spiro atoms. The van der Waals surface area contributed by atoms with Crippen LogP contribution < -0.4 is 10.5 Å². The second-order valence-corrected chi connectivity index (χ2v) is 7.19. The van der Waals surface area contributed by atoms with Crippen molar-refractivity contribution in [2.24, 2.45) is 0 Å². The molecule has 0 N–H and O–H groups in total. The zero-order valence-electron chi connectivity index (χ0n) is 15.8. The van der Waals surface area contributed by atoms with Crippen LogP contribution in [0.25, 0.3) is 11.0 Å². The first kappa shape index (κ1) is 17.4. The molecule has 0 fully saturated rings. The smallest absolute Gasteiger partial charge is 0.265 e. The van der Waals surface area contributed by atoms with E-state index in [2.05, 4.69) is 4.98 Å². The number of hydrogen-bond donors (Lipinski definition) is 0. The summed E-state index contributed by atoms with van der Waals surface area (Å²) in [5.41, 5.74) is 3.45. The number of nitrogens with zero attached hydrogens (tertiary/aromatic N) is 3. The third kappa shape index (κ3) is 3.01. The number of pyridine rings is 2. The number of hydrogen-bond acceptors (Lipinski definition) is 3. The second-order valence-electron chi connectivity index (χ2n) is 7.19. The highest BCUT2D eigenvalue weighted by atomic mass is 16.2. The molecular formula is C24H19N3O2. The van der Waals surface area contributed by atoms with E-state index >= 15 is 0 Å². The molecule has 4 aromatic rings. The first-order chi connectivity index (χ1) is 14.2. The quantitative estimate of drug-likeness (QED) is 0.544. The van der Waals surface area contributed by atoms with E-state index in [1.54, 1.807) is 21.7 Å². The SMILES string of the molecule is O=C(c1cc2cccnc2n(Cc2ccccc2)c1=O)N1CCc2ccccc21. The summed E-state index contributed by atoms with van der Waals surface area (Å²) in [6, 6.07) is 23.0. The number of rotatable bonds is 3. The Labute approximate surface area is 167 Å². The van der Waals surface area contributed by atoms with Crippen LogP contribution in [0, 0.1) is 0 Å². The molecule has 2 aromatic heterocycles. The van der Waals surface area contributed by atoms with Crippen molar-refractivity contribution in [1.29, 1.82) is 0 Å². The molecule has 5 rings (SSSR count). The minimum Gasteiger partial charge on any atom is -0.308 e. The summed E-state index contributed by atoms with van der Waals surface area (Å²) in [5.74, 6) is -0.257. The lowest BCUT2D eigenvalue weighted by Gasteiger charge is -2.18. The average Bonchev–Trinajstić information content (AvgIpc) is 3.20. The first-order valence-electron chi connectivity index (χ1n) is 9.64. The van der Waals surface area contributed by atoms with Gasteiger partial charge in [-0.25, -0.2) is 4.98 Å². The van der Waals surface area contributed by atoms with Gasteiger partial charge in [0.1, 0.15) is 11.2 Å². The molecule has 3 heterocycles. The molecule has 5 heteroatoms. The standard InChI is InChI=1S/C24H19N3O2/c28-23(26-14-12-18-9-4-5-11-21(18)26)20-15-19-10-6-13-25-22(19)27(24(20)29)16-17-7-2-1-3-8-17/h1-11,13,15H,12,14,16H2. The van der Waals surface area contributed by atoms with E-state index in [-0.39, 0.29) is 17.0 Å². The summed E-state index contributed by atoms with van der Waals surface area (Å²) in [4.78, 5) is 32.9. The van der Waals surface area contributed by atoms with Gasteiger partial charge in [-0.2, -0.15) is 0 Å². The maximum Gasteiger partial charge on any atom is 0.265 e. The molecule has 1 aliphatic rings. The van der Waals surface area contributed by atoms with Crippen LogP contribution in [-0.2, 0) is 13.0 Å². The van der Waals surface area contributed by atoms with E-state index in [0.717, 1.165) is 28.6 Å². The van der Waals surface area contributed by atoms with Crippen molar-refractivity contribution in [2.45, 2.75) is 13.0 Å². The molecule has 1 aliphatic heterocycles. The van der Waals surface area contributed by atoms with E-state index in [9.17, 15) is 9.59 Å². The van der Waals surface area contributed by atoms with Gasteiger partial charge >= 0.3 is 0 Å². The number of carbonyl (C=O) groups excluding carboxylic acids is 1. The van der Waals surface area contributed by atoms with E-state index in [0.29, 0.717) is 18.7 Å². The van der Waals surface area contributed by atoms with Gasteiger partial charge in [0, 0.05) is 23.8 Å². The van der Waals surface area contributed by atoms with Crippen LogP contribution in [0.1, 0.15) is 21.5 Å². The Hall–Kier alpha value is -3.73. The molecular weight excluding hydrogens is 362 g/mol. The highest BCUT2D eigenvalue weighted by Gasteiger charge is 2.28.